The number of carbonyl (C=O) groups is 1. The molecule has 8 heteroatoms. The molecule has 1 aromatic heterocycles. The lowest BCUT2D eigenvalue weighted by Gasteiger charge is -2.50. The molecule has 6 nitrogen and oxygen atoms in total. The summed E-state index contributed by atoms with van der Waals surface area (Å²) in [7, 11) is 0. The zero-order valence-corrected chi connectivity index (χ0v) is 17.5. The first-order valence-corrected chi connectivity index (χ1v) is 10.0. The molecule has 3 N–H and O–H groups in total. The molecule has 1 aromatic carbocycles. The third-order valence-corrected chi connectivity index (χ3v) is 5.41. The quantitative estimate of drug-likeness (QED) is 0.688. The number of aromatic nitrogens is 1. The van der Waals surface area contributed by atoms with Crippen LogP contribution >= 0.6 is 0 Å². The van der Waals surface area contributed by atoms with Crippen LogP contribution in [0, 0.1) is 6.92 Å². The van der Waals surface area contributed by atoms with Gasteiger partial charge in [0.05, 0.1) is 5.41 Å². The summed E-state index contributed by atoms with van der Waals surface area (Å²) in [6, 6.07) is 11.1. The van der Waals surface area contributed by atoms with Crippen molar-refractivity contribution in [1.82, 2.24) is 9.88 Å². The second-order valence-electron chi connectivity index (χ2n) is 7.96. The van der Waals surface area contributed by atoms with Crippen LogP contribution in [0.5, 0.6) is 5.88 Å². The van der Waals surface area contributed by atoms with Gasteiger partial charge in [0.1, 0.15) is 5.69 Å². The summed E-state index contributed by atoms with van der Waals surface area (Å²) < 4.78 is 30.2. The van der Waals surface area contributed by atoms with Crippen molar-refractivity contribution in [3.05, 3.63) is 53.2 Å². The van der Waals surface area contributed by atoms with Gasteiger partial charge < -0.3 is 15.8 Å². The minimum absolute atomic E-state index is 0.129. The number of pyridine rings is 1. The van der Waals surface area contributed by atoms with Crippen molar-refractivity contribution < 1.29 is 18.3 Å². The summed E-state index contributed by atoms with van der Waals surface area (Å²) in [5.41, 5.74) is 7.56. The van der Waals surface area contributed by atoms with E-state index in [9.17, 15) is 13.6 Å². The largest absolute Gasteiger partial charge is 0.415 e. The summed E-state index contributed by atoms with van der Waals surface area (Å²) in [4.78, 5) is 19.6. The first kappa shape index (κ1) is 22.1. The van der Waals surface area contributed by atoms with Gasteiger partial charge in [-0.2, -0.15) is 8.78 Å². The molecule has 0 saturated carbocycles. The maximum Gasteiger partial charge on any atom is 0.388 e. The highest BCUT2D eigenvalue weighted by Gasteiger charge is 2.51. The number of nitrogens with one attached hydrogen (secondary N) is 1. The number of benzene rings is 1. The normalized spacial score (nSPS) is 15.9. The zero-order chi connectivity index (χ0) is 21.9. The Kier molecular flexibility index (Phi) is 6.67. The van der Waals surface area contributed by atoms with Crippen molar-refractivity contribution >= 4 is 11.6 Å². The van der Waals surface area contributed by atoms with Gasteiger partial charge in [-0.15, -0.1) is 0 Å². The van der Waals surface area contributed by atoms with E-state index in [0.29, 0.717) is 31.9 Å². The van der Waals surface area contributed by atoms with E-state index in [1.807, 2.05) is 24.3 Å². The molecular formula is C22H28F2N4O2. The minimum Gasteiger partial charge on any atom is -0.415 e. The number of alkyl halides is 2. The van der Waals surface area contributed by atoms with E-state index in [1.54, 1.807) is 13.0 Å². The van der Waals surface area contributed by atoms with Crippen LogP contribution in [0.15, 0.2) is 36.4 Å². The van der Waals surface area contributed by atoms with Gasteiger partial charge in [0.25, 0.3) is 0 Å². The van der Waals surface area contributed by atoms with E-state index in [-0.39, 0.29) is 23.4 Å². The number of halogens is 2. The zero-order valence-electron chi connectivity index (χ0n) is 17.5. The van der Waals surface area contributed by atoms with Crippen LogP contribution in [0.25, 0.3) is 0 Å². The molecule has 162 valence electrons. The average molecular weight is 418 g/mol. The Morgan fingerprint density at radius 3 is 2.60 bits per heavy atom. The number of hydrogen-bond donors (Lipinski definition) is 2. The molecule has 1 amide bonds. The number of nitrogens with zero attached hydrogens (tertiary/aromatic N) is 2. The Morgan fingerprint density at radius 2 is 1.97 bits per heavy atom. The first-order valence-electron chi connectivity index (χ1n) is 10.0. The number of hydrogen-bond acceptors (Lipinski definition) is 5. The average Bonchev–Trinajstić information content (AvgIpc) is 2.66. The molecule has 3 rings (SSSR count). The van der Waals surface area contributed by atoms with Crippen molar-refractivity contribution in [3.8, 4) is 5.88 Å². The highest BCUT2D eigenvalue weighted by atomic mass is 19.3. The van der Waals surface area contributed by atoms with Crippen LogP contribution in [-0.2, 0) is 10.2 Å². The molecule has 0 spiro atoms. The van der Waals surface area contributed by atoms with E-state index >= 15 is 0 Å². The van der Waals surface area contributed by atoms with E-state index in [2.05, 4.69) is 33.8 Å². The molecule has 1 saturated heterocycles. The predicted octanol–water partition coefficient (Wildman–Crippen LogP) is 3.27. The molecule has 30 heavy (non-hydrogen) atoms. The molecule has 2 heterocycles. The number of rotatable bonds is 8. The number of aryl methyl sites for hydroxylation is 1. The standard InChI is InChI=1S/C22H28F2N4O2/c1-14(2)16-6-4-5-7-17(16)22(12-28(13-22)11-10-25)20(29)27-18-9-8-15(3)26-19(18)30-21(23)24/h4-9,14,21H,10-13,25H2,1-3H3,(H,27,29). The lowest BCUT2D eigenvalue weighted by Crippen LogP contribution is -2.65. The third kappa shape index (κ3) is 4.44. The SMILES string of the molecule is Cc1ccc(NC(=O)C2(c3ccccc3C(C)C)CN(CCN)C2)c(OC(F)F)n1. The van der Waals surface area contributed by atoms with Gasteiger partial charge in [-0.25, -0.2) is 4.98 Å². The summed E-state index contributed by atoms with van der Waals surface area (Å²) in [6.45, 7) is 4.99. The van der Waals surface area contributed by atoms with Crippen molar-refractivity contribution in [3.63, 3.8) is 0 Å². The highest BCUT2D eigenvalue weighted by molar-refractivity contribution is 6.01. The molecule has 0 aliphatic carbocycles. The Morgan fingerprint density at radius 1 is 1.27 bits per heavy atom. The molecule has 1 aliphatic rings. The van der Waals surface area contributed by atoms with Crippen molar-refractivity contribution in [2.75, 3.05) is 31.5 Å². The van der Waals surface area contributed by atoms with Gasteiger partial charge in [0.2, 0.25) is 11.8 Å². The van der Waals surface area contributed by atoms with Gasteiger partial charge in [0, 0.05) is 31.9 Å². The number of ether oxygens (including phenoxy) is 1. The van der Waals surface area contributed by atoms with E-state index in [1.165, 1.54) is 6.07 Å². The predicted molar refractivity (Wildman–Crippen MR) is 112 cm³/mol. The fourth-order valence-electron chi connectivity index (χ4n) is 3.97. The van der Waals surface area contributed by atoms with Crippen LogP contribution in [0.1, 0.15) is 36.6 Å². The van der Waals surface area contributed by atoms with Crippen LogP contribution in [0.2, 0.25) is 0 Å². The van der Waals surface area contributed by atoms with Crippen LogP contribution in [-0.4, -0.2) is 48.6 Å². The Labute approximate surface area is 175 Å². The van der Waals surface area contributed by atoms with Gasteiger partial charge in [-0.05, 0) is 36.1 Å². The second kappa shape index (κ2) is 9.06. The summed E-state index contributed by atoms with van der Waals surface area (Å²) >= 11 is 0. The van der Waals surface area contributed by atoms with Crippen molar-refractivity contribution in [2.24, 2.45) is 5.73 Å². The Balaban J connectivity index is 1.96. The minimum atomic E-state index is -3.03. The Bertz CT molecular complexity index is 898. The fraction of sp³-hybridized carbons (Fsp3) is 0.455. The van der Waals surface area contributed by atoms with Gasteiger partial charge in [-0.3, -0.25) is 9.69 Å². The Hall–Kier alpha value is -2.58. The lowest BCUT2D eigenvalue weighted by molar-refractivity contribution is -0.128. The number of nitrogens with two attached hydrogens (primary N) is 1. The molecule has 0 bridgehead atoms. The topological polar surface area (TPSA) is 80.5 Å². The molecule has 1 fully saturated rings. The lowest BCUT2D eigenvalue weighted by atomic mass is 9.69. The fourth-order valence-corrected chi connectivity index (χ4v) is 3.97. The molecule has 2 aromatic rings. The second-order valence-corrected chi connectivity index (χ2v) is 7.96. The summed E-state index contributed by atoms with van der Waals surface area (Å²) in [5.74, 6) is -0.328. The van der Waals surface area contributed by atoms with Gasteiger partial charge in [0.15, 0.2) is 0 Å². The number of anilines is 1. The van der Waals surface area contributed by atoms with E-state index in [0.717, 1.165) is 11.1 Å². The summed E-state index contributed by atoms with van der Waals surface area (Å²) in [5, 5.41) is 2.80. The third-order valence-electron chi connectivity index (χ3n) is 5.41. The molecular weight excluding hydrogens is 390 g/mol. The highest BCUT2D eigenvalue weighted by Crippen LogP contribution is 2.40. The smallest absolute Gasteiger partial charge is 0.388 e. The van der Waals surface area contributed by atoms with E-state index in [4.69, 9.17) is 5.73 Å². The molecule has 0 unspecified atom stereocenters. The maximum atomic E-state index is 13.5. The van der Waals surface area contributed by atoms with Crippen molar-refractivity contribution in [1.29, 1.82) is 0 Å². The van der Waals surface area contributed by atoms with Crippen LogP contribution in [0.3, 0.4) is 0 Å². The van der Waals surface area contributed by atoms with Gasteiger partial charge in [-0.1, -0.05) is 38.1 Å². The van der Waals surface area contributed by atoms with Crippen LogP contribution < -0.4 is 15.8 Å². The summed E-state index contributed by atoms with van der Waals surface area (Å²) in [6.07, 6.45) is 0. The monoisotopic (exact) mass is 418 g/mol. The van der Waals surface area contributed by atoms with Crippen molar-refractivity contribution in [2.45, 2.75) is 38.7 Å². The number of likely N-dealkylation sites (tertiary alicyclic amines) is 1. The number of carbonyl (C=O) groups excluding carboxylic acids is 1. The first-order chi connectivity index (χ1) is 14.3. The van der Waals surface area contributed by atoms with Gasteiger partial charge >= 0.3 is 6.61 Å². The molecule has 1 aliphatic heterocycles. The van der Waals surface area contributed by atoms with Crippen LogP contribution in [0.4, 0.5) is 14.5 Å². The molecule has 0 radical (unpaired) electrons. The molecule has 0 atom stereocenters. The maximum absolute atomic E-state index is 13.5. The van der Waals surface area contributed by atoms with E-state index < -0.39 is 12.0 Å². The number of amides is 1.